The molecule has 1 aromatic rings. The fourth-order valence-electron chi connectivity index (χ4n) is 4.31. The van der Waals surface area contributed by atoms with Crippen molar-refractivity contribution >= 4 is 13.3 Å². The van der Waals surface area contributed by atoms with E-state index in [4.69, 9.17) is 0 Å². The van der Waals surface area contributed by atoms with Crippen LogP contribution in [0.15, 0.2) is 53.6 Å². The van der Waals surface area contributed by atoms with E-state index in [9.17, 15) is 0 Å². The van der Waals surface area contributed by atoms with Gasteiger partial charge in [0, 0.05) is 5.54 Å². The number of benzene rings is 1. The highest BCUT2D eigenvalue weighted by Crippen LogP contribution is 2.46. The Morgan fingerprint density at radius 1 is 0.905 bits per heavy atom. The molecule has 1 atom stereocenters. The Kier molecular flexibility index (Phi) is 4.21. The van der Waals surface area contributed by atoms with Crippen molar-refractivity contribution in [2.75, 3.05) is 0 Å². The van der Waals surface area contributed by atoms with Crippen LogP contribution in [-0.2, 0) is 0 Å². The Hall–Kier alpha value is -1.08. The fourth-order valence-corrected chi connectivity index (χ4v) is 9.38. The molecule has 0 nitrogen and oxygen atoms in total. The summed E-state index contributed by atoms with van der Waals surface area (Å²) in [6, 6.07) is 11.4. The maximum absolute atomic E-state index is 2.63. The van der Waals surface area contributed by atoms with Crippen LogP contribution in [0.25, 0.3) is 0 Å². The molecule has 0 aliphatic heterocycles. The van der Waals surface area contributed by atoms with Gasteiger partial charge in [0.05, 0.1) is 0 Å². The van der Waals surface area contributed by atoms with E-state index in [1.807, 2.05) is 0 Å². The number of hydrogen-bond acceptors (Lipinski definition) is 0. The molecular weight excluding hydrogens is 268 g/mol. The van der Waals surface area contributed by atoms with Gasteiger partial charge in [0.1, 0.15) is 8.07 Å². The zero-order chi connectivity index (χ0) is 14.9. The van der Waals surface area contributed by atoms with Crippen LogP contribution in [-0.4, -0.2) is 8.07 Å². The fraction of sp³-hybridized carbons (Fsp3) is 0.450. The Labute approximate surface area is 131 Å². The van der Waals surface area contributed by atoms with E-state index in [1.54, 1.807) is 16.3 Å². The predicted octanol–water partition coefficient (Wildman–Crippen LogP) is 5.33. The SMILES string of the molecule is CC1=C(C)[C]([Si](C)(c2ccccc2)C2CCCCC2)C=C1. The summed E-state index contributed by atoms with van der Waals surface area (Å²) in [5.41, 5.74) is 5.63. The van der Waals surface area contributed by atoms with Gasteiger partial charge < -0.3 is 0 Å². The molecule has 1 radical (unpaired) electrons. The molecule has 0 spiro atoms. The van der Waals surface area contributed by atoms with Gasteiger partial charge in [-0.2, -0.15) is 0 Å². The zero-order valence-electron chi connectivity index (χ0n) is 13.7. The lowest BCUT2D eigenvalue weighted by molar-refractivity contribution is 0.493. The van der Waals surface area contributed by atoms with E-state index in [2.05, 4.69) is 62.9 Å². The highest BCUT2D eigenvalue weighted by molar-refractivity contribution is 6.97. The quantitative estimate of drug-likeness (QED) is 0.661. The molecule has 0 saturated heterocycles. The van der Waals surface area contributed by atoms with Gasteiger partial charge in [-0.3, -0.25) is 0 Å². The third kappa shape index (κ3) is 2.57. The summed E-state index contributed by atoms with van der Waals surface area (Å²) in [6.07, 6.45) is 11.9. The molecule has 21 heavy (non-hydrogen) atoms. The van der Waals surface area contributed by atoms with Gasteiger partial charge >= 0.3 is 0 Å². The molecule has 0 heterocycles. The summed E-state index contributed by atoms with van der Waals surface area (Å²) in [7, 11) is -1.62. The van der Waals surface area contributed by atoms with E-state index in [0.717, 1.165) is 5.54 Å². The summed E-state index contributed by atoms with van der Waals surface area (Å²) in [5, 5.41) is 1.63. The summed E-state index contributed by atoms with van der Waals surface area (Å²) in [6.45, 7) is 7.22. The average molecular weight is 296 g/mol. The molecule has 1 heteroatoms. The van der Waals surface area contributed by atoms with Gasteiger partial charge in [-0.25, -0.2) is 0 Å². The van der Waals surface area contributed by atoms with Gasteiger partial charge in [-0.05, 0) is 19.4 Å². The summed E-state index contributed by atoms with van der Waals surface area (Å²) < 4.78 is 0. The van der Waals surface area contributed by atoms with Crippen molar-refractivity contribution in [3.8, 4) is 0 Å². The second-order valence-electron chi connectivity index (χ2n) is 6.96. The first-order valence-corrected chi connectivity index (χ1v) is 11.0. The molecule has 1 aromatic carbocycles. The largest absolute Gasteiger partial charge is 0.102 e. The molecule has 1 saturated carbocycles. The Balaban J connectivity index is 2.05. The smallest absolute Gasteiger partial charge is 0.0754 e. The molecule has 111 valence electrons. The second-order valence-corrected chi connectivity index (χ2v) is 11.3. The third-order valence-corrected chi connectivity index (χ3v) is 11.3. The highest BCUT2D eigenvalue weighted by Gasteiger charge is 2.46. The lowest BCUT2D eigenvalue weighted by Crippen LogP contribution is -2.54. The average Bonchev–Trinajstić information content (AvgIpc) is 2.88. The monoisotopic (exact) mass is 295 g/mol. The van der Waals surface area contributed by atoms with Gasteiger partial charge in [-0.15, -0.1) is 0 Å². The van der Waals surface area contributed by atoms with Crippen LogP contribution < -0.4 is 5.19 Å². The molecule has 2 aliphatic carbocycles. The van der Waals surface area contributed by atoms with E-state index in [1.165, 1.54) is 37.7 Å². The summed E-state index contributed by atoms with van der Waals surface area (Å²) in [4.78, 5) is 0. The molecule has 0 bridgehead atoms. The molecule has 2 aliphatic rings. The summed E-state index contributed by atoms with van der Waals surface area (Å²) in [5.74, 6) is 0. The molecule has 0 amide bonds. The Morgan fingerprint density at radius 2 is 1.57 bits per heavy atom. The van der Waals surface area contributed by atoms with Crippen molar-refractivity contribution in [3.63, 3.8) is 0 Å². The normalized spacial score (nSPS) is 23.6. The molecule has 1 fully saturated rings. The zero-order valence-corrected chi connectivity index (χ0v) is 14.7. The maximum atomic E-state index is 2.63. The van der Waals surface area contributed by atoms with Crippen molar-refractivity contribution in [1.29, 1.82) is 0 Å². The molecule has 3 rings (SSSR count). The maximum Gasteiger partial charge on any atom is 0.102 e. The second kappa shape index (κ2) is 5.96. The number of allylic oxidation sites excluding steroid dienone is 4. The van der Waals surface area contributed by atoms with Gasteiger partial charge in [0.25, 0.3) is 0 Å². The van der Waals surface area contributed by atoms with E-state index in [0.29, 0.717) is 0 Å². The van der Waals surface area contributed by atoms with Crippen LogP contribution in [0.1, 0.15) is 46.0 Å². The van der Waals surface area contributed by atoms with Crippen LogP contribution in [0, 0.1) is 5.54 Å². The minimum atomic E-state index is -1.62. The molecule has 0 aromatic heterocycles. The van der Waals surface area contributed by atoms with Crippen molar-refractivity contribution < 1.29 is 0 Å². The number of rotatable bonds is 3. The van der Waals surface area contributed by atoms with E-state index in [-0.39, 0.29) is 0 Å². The Bertz CT molecular complexity index is 548. The van der Waals surface area contributed by atoms with Gasteiger partial charge in [0.2, 0.25) is 0 Å². The first-order chi connectivity index (χ1) is 10.1. The van der Waals surface area contributed by atoms with Gasteiger partial charge in [0.15, 0.2) is 0 Å². The lowest BCUT2D eigenvalue weighted by Gasteiger charge is -2.43. The van der Waals surface area contributed by atoms with E-state index >= 15 is 0 Å². The van der Waals surface area contributed by atoms with Crippen molar-refractivity contribution in [1.82, 2.24) is 0 Å². The minimum absolute atomic E-state index is 0.911. The van der Waals surface area contributed by atoms with Crippen molar-refractivity contribution in [3.05, 3.63) is 59.2 Å². The molecule has 1 unspecified atom stereocenters. The lowest BCUT2D eigenvalue weighted by atomic mass is 10.0. The van der Waals surface area contributed by atoms with Gasteiger partial charge in [-0.1, -0.05) is 97.5 Å². The topological polar surface area (TPSA) is 0 Å². The minimum Gasteiger partial charge on any atom is -0.0754 e. The van der Waals surface area contributed by atoms with Crippen LogP contribution in [0.4, 0.5) is 0 Å². The molecule has 0 N–H and O–H groups in total. The van der Waals surface area contributed by atoms with Crippen LogP contribution in [0.5, 0.6) is 0 Å². The van der Waals surface area contributed by atoms with Crippen molar-refractivity contribution in [2.24, 2.45) is 0 Å². The predicted molar refractivity (Wildman–Crippen MR) is 95.3 cm³/mol. The van der Waals surface area contributed by atoms with E-state index < -0.39 is 8.07 Å². The van der Waals surface area contributed by atoms with Crippen LogP contribution in [0.2, 0.25) is 12.1 Å². The van der Waals surface area contributed by atoms with Crippen LogP contribution >= 0.6 is 0 Å². The first-order valence-electron chi connectivity index (χ1n) is 8.43. The highest BCUT2D eigenvalue weighted by atomic mass is 28.3. The Morgan fingerprint density at radius 3 is 2.14 bits per heavy atom. The third-order valence-electron chi connectivity index (χ3n) is 5.85. The summed E-state index contributed by atoms with van der Waals surface area (Å²) >= 11 is 0. The van der Waals surface area contributed by atoms with Crippen molar-refractivity contribution in [2.45, 2.75) is 58.0 Å². The standard InChI is InChI=1S/C20H27Si/c1-16-14-15-20(17(16)2)21(3,18-10-6-4-7-11-18)19-12-8-5-9-13-19/h4,6-7,10-11,14-15,19H,5,8-9,12-13H2,1-3H3. The van der Waals surface area contributed by atoms with Crippen LogP contribution in [0.3, 0.4) is 0 Å². The molecular formula is C20H27Si. The number of hydrogen-bond donors (Lipinski definition) is 0. The first kappa shape index (κ1) is 14.8.